The lowest BCUT2D eigenvalue weighted by atomic mass is 9.95. The van der Waals surface area contributed by atoms with E-state index in [9.17, 15) is 23.1 Å². The molecule has 1 saturated heterocycles. The predicted molar refractivity (Wildman–Crippen MR) is 98.1 cm³/mol. The lowest BCUT2D eigenvalue weighted by Crippen LogP contribution is -2.49. The first-order chi connectivity index (χ1) is 12.3. The molecule has 1 unspecified atom stereocenters. The van der Waals surface area contributed by atoms with Crippen LogP contribution in [0.15, 0.2) is 30.3 Å². The van der Waals surface area contributed by atoms with Crippen LogP contribution in [0.2, 0.25) is 0 Å². The van der Waals surface area contributed by atoms with Crippen LogP contribution in [0.4, 0.5) is 0 Å². The van der Waals surface area contributed by atoms with Crippen molar-refractivity contribution in [2.24, 2.45) is 5.92 Å². The zero-order valence-electron chi connectivity index (χ0n) is 15.2. The van der Waals surface area contributed by atoms with E-state index in [0.717, 1.165) is 5.56 Å². The summed E-state index contributed by atoms with van der Waals surface area (Å²) in [4.78, 5) is 25.7. The van der Waals surface area contributed by atoms with Crippen LogP contribution in [-0.4, -0.2) is 66.5 Å². The van der Waals surface area contributed by atoms with Crippen LogP contribution >= 0.6 is 0 Å². The van der Waals surface area contributed by atoms with E-state index in [4.69, 9.17) is 0 Å². The molecule has 0 radical (unpaired) electrons. The zero-order valence-corrected chi connectivity index (χ0v) is 16.0. The first-order valence-electron chi connectivity index (χ1n) is 8.77. The smallest absolute Gasteiger partial charge is 0.326 e. The van der Waals surface area contributed by atoms with Gasteiger partial charge >= 0.3 is 5.97 Å². The van der Waals surface area contributed by atoms with E-state index < -0.39 is 22.0 Å². The first kappa shape index (κ1) is 20.4. The number of benzene rings is 1. The van der Waals surface area contributed by atoms with Crippen molar-refractivity contribution in [2.45, 2.75) is 32.2 Å². The van der Waals surface area contributed by atoms with Gasteiger partial charge in [0.1, 0.15) is 6.04 Å². The highest BCUT2D eigenvalue weighted by Gasteiger charge is 2.35. The van der Waals surface area contributed by atoms with Crippen LogP contribution in [0, 0.1) is 5.92 Å². The average molecular weight is 382 g/mol. The van der Waals surface area contributed by atoms with Crippen molar-refractivity contribution in [1.29, 1.82) is 0 Å². The highest BCUT2D eigenvalue weighted by atomic mass is 32.2. The molecule has 1 heterocycles. The van der Waals surface area contributed by atoms with Gasteiger partial charge < -0.3 is 10.0 Å². The minimum atomic E-state index is -3.25. The molecule has 26 heavy (non-hydrogen) atoms. The van der Waals surface area contributed by atoms with E-state index in [2.05, 4.69) is 0 Å². The van der Waals surface area contributed by atoms with Crippen molar-refractivity contribution < 1.29 is 23.1 Å². The molecule has 7 nitrogen and oxygen atoms in total. The first-order valence-corrected chi connectivity index (χ1v) is 10.4. The summed E-state index contributed by atoms with van der Waals surface area (Å²) in [5.74, 6) is -1.58. The molecule has 2 rings (SSSR count). The number of amides is 1. The molecule has 144 valence electrons. The van der Waals surface area contributed by atoms with Gasteiger partial charge in [0, 0.05) is 32.5 Å². The summed E-state index contributed by atoms with van der Waals surface area (Å²) in [7, 11) is -1.73. The van der Waals surface area contributed by atoms with Crippen molar-refractivity contribution in [2.75, 3.05) is 25.9 Å². The van der Waals surface area contributed by atoms with Crippen LogP contribution in [0.1, 0.15) is 25.3 Å². The molecule has 8 heteroatoms. The summed E-state index contributed by atoms with van der Waals surface area (Å²) in [6.07, 6.45) is 1.07. The Hall–Kier alpha value is -1.93. The third kappa shape index (κ3) is 4.82. The van der Waals surface area contributed by atoms with Gasteiger partial charge in [0.05, 0.1) is 5.75 Å². The molecule has 0 spiro atoms. The SMILES string of the molecule is CCS(=O)(=O)N1CCC(C(=O)N(C)C(Cc2ccccc2)C(=O)O)CC1. The van der Waals surface area contributed by atoms with Crippen molar-refractivity contribution in [1.82, 2.24) is 9.21 Å². The van der Waals surface area contributed by atoms with Gasteiger partial charge in [-0.1, -0.05) is 30.3 Å². The maximum atomic E-state index is 12.8. The van der Waals surface area contributed by atoms with Crippen molar-refractivity contribution >= 4 is 21.9 Å². The lowest BCUT2D eigenvalue weighted by Gasteiger charge is -2.34. The van der Waals surface area contributed by atoms with E-state index in [1.807, 2.05) is 30.3 Å². The molecule has 1 aromatic carbocycles. The largest absolute Gasteiger partial charge is 0.480 e. The molecule has 0 aromatic heterocycles. The van der Waals surface area contributed by atoms with Crippen molar-refractivity contribution in [3.05, 3.63) is 35.9 Å². The van der Waals surface area contributed by atoms with Gasteiger partial charge in [0.2, 0.25) is 15.9 Å². The molecule has 1 aromatic rings. The summed E-state index contributed by atoms with van der Waals surface area (Å²) in [6.45, 7) is 2.20. The van der Waals surface area contributed by atoms with Crippen LogP contribution in [-0.2, 0) is 26.0 Å². The number of likely N-dealkylation sites (N-methyl/N-ethyl adjacent to an activating group) is 1. The Kier molecular flexibility index (Phi) is 6.77. The number of carboxylic acid groups (broad SMARTS) is 1. The molecule has 0 saturated carbocycles. The van der Waals surface area contributed by atoms with Crippen LogP contribution in [0.5, 0.6) is 0 Å². The number of nitrogens with zero attached hydrogens (tertiary/aromatic N) is 2. The standard InChI is InChI=1S/C18H26N2O5S/c1-3-26(24,25)20-11-9-15(10-12-20)17(21)19(2)16(18(22)23)13-14-7-5-4-6-8-14/h4-8,15-16H,3,9-13H2,1-2H3,(H,22,23). The number of hydrogen-bond donors (Lipinski definition) is 1. The Morgan fingerprint density at radius 2 is 1.81 bits per heavy atom. The van der Waals surface area contributed by atoms with E-state index >= 15 is 0 Å². The second kappa shape index (κ2) is 8.64. The van der Waals surface area contributed by atoms with Gasteiger partial charge in [-0.2, -0.15) is 0 Å². The van der Waals surface area contributed by atoms with E-state index in [0.29, 0.717) is 25.9 Å². The Bertz CT molecular complexity index is 727. The van der Waals surface area contributed by atoms with Gasteiger partial charge in [-0.3, -0.25) is 4.79 Å². The van der Waals surface area contributed by atoms with Crippen molar-refractivity contribution in [3.8, 4) is 0 Å². The highest BCUT2D eigenvalue weighted by Crippen LogP contribution is 2.23. The fourth-order valence-electron chi connectivity index (χ4n) is 3.23. The number of carboxylic acids is 1. The summed E-state index contributed by atoms with van der Waals surface area (Å²) in [6, 6.07) is 8.25. The predicted octanol–water partition coefficient (Wildman–Crippen LogP) is 1.20. The quantitative estimate of drug-likeness (QED) is 0.765. The fourth-order valence-corrected chi connectivity index (χ4v) is 4.36. The number of carbonyl (C=O) groups excluding carboxylic acids is 1. The maximum absolute atomic E-state index is 12.8. The molecular weight excluding hydrogens is 356 g/mol. The molecule has 1 atom stereocenters. The molecule has 0 bridgehead atoms. The number of rotatable bonds is 7. The minimum Gasteiger partial charge on any atom is -0.480 e. The van der Waals surface area contributed by atoms with Crippen LogP contribution in [0.25, 0.3) is 0 Å². The normalized spacial score (nSPS) is 17.6. The second-order valence-corrected chi connectivity index (χ2v) is 8.82. The molecule has 1 fully saturated rings. The van der Waals surface area contributed by atoms with Gasteiger partial charge in [0.15, 0.2) is 0 Å². The number of aliphatic carboxylic acids is 1. The number of carbonyl (C=O) groups is 2. The third-order valence-electron chi connectivity index (χ3n) is 4.93. The highest BCUT2D eigenvalue weighted by molar-refractivity contribution is 7.89. The summed E-state index contributed by atoms with van der Waals surface area (Å²) in [5.41, 5.74) is 0.850. The van der Waals surface area contributed by atoms with E-state index in [1.54, 1.807) is 6.92 Å². The monoisotopic (exact) mass is 382 g/mol. The van der Waals surface area contributed by atoms with Gasteiger partial charge in [-0.25, -0.2) is 17.5 Å². The maximum Gasteiger partial charge on any atom is 0.326 e. The summed E-state index contributed by atoms with van der Waals surface area (Å²) >= 11 is 0. The molecule has 1 amide bonds. The van der Waals surface area contributed by atoms with E-state index in [-0.39, 0.29) is 24.0 Å². The Morgan fingerprint density at radius 1 is 1.23 bits per heavy atom. The molecular formula is C18H26N2O5S. The summed E-state index contributed by atoms with van der Waals surface area (Å²) < 4.78 is 25.2. The number of piperidine rings is 1. The Labute approximate surface area is 154 Å². The number of sulfonamides is 1. The van der Waals surface area contributed by atoms with Crippen molar-refractivity contribution in [3.63, 3.8) is 0 Å². The Morgan fingerprint density at radius 3 is 2.31 bits per heavy atom. The minimum absolute atomic E-state index is 0.0453. The third-order valence-corrected chi connectivity index (χ3v) is 6.81. The van der Waals surface area contributed by atoms with Gasteiger partial charge in [-0.05, 0) is 25.3 Å². The number of hydrogen-bond acceptors (Lipinski definition) is 4. The molecule has 0 aliphatic carbocycles. The Balaban J connectivity index is 2.02. The average Bonchev–Trinajstić information content (AvgIpc) is 2.65. The second-order valence-electron chi connectivity index (χ2n) is 6.57. The van der Waals surface area contributed by atoms with Gasteiger partial charge in [0.25, 0.3) is 0 Å². The van der Waals surface area contributed by atoms with Crippen LogP contribution < -0.4 is 0 Å². The topological polar surface area (TPSA) is 95.0 Å². The molecule has 1 aliphatic heterocycles. The van der Waals surface area contributed by atoms with Gasteiger partial charge in [-0.15, -0.1) is 0 Å². The molecule has 1 aliphatic rings. The van der Waals surface area contributed by atoms with Crippen LogP contribution in [0.3, 0.4) is 0 Å². The lowest BCUT2D eigenvalue weighted by molar-refractivity contribution is -0.151. The summed E-state index contributed by atoms with van der Waals surface area (Å²) in [5, 5.41) is 9.55. The zero-order chi connectivity index (χ0) is 19.3. The molecule has 1 N–H and O–H groups in total. The van der Waals surface area contributed by atoms with E-state index in [1.165, 1.54) is 16.3 Å². The fraction of sp³-hybridized carbons (Fsp3) is 0.556.